The molecule has 2 aromatic rings. The largest absolute Gasteiger partial charge is 0.345 e. The SMILES string of the molecule is CCc1cc(N2CCN(Cc3cc(F)ccc3F)C(=O)C2)ncn1. The fourth-order valence-corrected chi connectivity index (χ4v) is 2.69. The summed E-state index contributed by atoms with van der Waals surface area (Å²) in [4.78, 5) is 24.1. The smallest absolute Gasteiger partial charge is 0.242 e. The van der Waals surface area contributed by atoms with E-state index in [1.54, 1.807) is 0 Å². The van der Waals surface area contributed by atoms with E-state index in [1.807, 2.05) is 17.9 Å². The van der Waals surface area contributed by atoms with Gasteiger partial charge < -0.3 is 9.80 Å². The molecule has 0 unspecified atom stereocenters. The van der Waals surface area contributed by atoms with Gasteiger partial charge in [-0.05, 0) is 24.6 Å². The van der Waals surface area contributed by atoms with Gasteiger partial charge in [0.2, 0.25) is 5.91 Å². The molecule has 0 aliphatic carbocycles. The van der Waals surface area contributed by atoms with E-state index in [0.717, 1.165) is 30.3 Å². The Kier molecular flexibility index (Phi) is 4.69. The van der Waals surface area contributed by atoms with E-state index in [0.29, 0.717) is 18.9 Å². The van der Waals surface area contributed by atoms with Crippen LogP contribution in [0.2, 0.25) is 0 Å². The van der Waals surface area contributed by atoms with Crippen molar-refractivity contribution in [3.8, 4) is 0 Å². The molecule has 1 saturated heterocycles. The highest BCUT2D eigenvalue weighted by Gasteiger charge is 2.25. The monoisotopic (exact) mass is 332 g/mol. The van der Waals surface area contributed by atoms with Crippen LogP contribution in [0.15, 0.2) is 30.6 Å². The standard InChI is InChI=1S/C17H18F2N4O/c1-2-14-8-16(21-11-20-14)22-5-6-23(17(24)10-22)9-12-7-13(18)3-4-15(12)19/h3-4,7-8,11H,2,5-6,9-10H2,1H3. The topological polar surface area (TPSA) is 49.3 Å². The van der Waals surface area contributed by atoms with Gasteiger partial charge in [0, 0.05) is 37.0 Å². The quantitative estimate of drug-likeness (QED) is 0.861. The third kappa shape index (κ3) is 3.50. The van der Waals surface area contributed by atoms with Crippen molar-refractivity contribution in [2.75, 3.05) is 24.5 Å². The van der Waals surface area contributed by atoms with Crippen molar-refractivity contribution >= 4 is 11.7 Å². The van der Waals surface area contributed by atoms with Gasteiger partial charge in [0.05, 0.1) is 6.54 Å². The van der Waals surface area contributed by atoms with Gasteiger partial charge in [0.15, 0.2) is 0 Å². The maximum absolute atomic E-state index is 13.7. The number of amides is 1. The third-order valence-corrected chi connectivity index (χ3v) is 4.08. The Morgan fingerprint density at radius 2 is 2.00 bits per heavy atom. The van der Waals surface area contributed by atoms with E-state index < -0.39 is 11.6 Å². The van der Waals surface area contributed by atoms with Crippen molar-refractivity contribution in [2.24, 2.45) is 0 Å². The number of benzene rings is 1. The van der Waals surface area contributed by atoms with Crippen LogP contribution in [-0.4, -0.2) is 40.4 Å². The molecular formula is C17H18F2N4O. The predicted octanol–water partition coefficient (Wildman–Crippen LogP) is 2.17. The number of aryl methyl sites for hydroxylation is 1. The average molecular weight is 332 g/mol. The summed E-state index contributed by atoms with van der Waals surface area (Å²) >= 11 is 0. The first kappa shape index (κ1) is 16.3. The van der Waals surface area contributed by atoms with Gasteiger partial charge in [-0.2, -0.15) is 0 Å². The fourth-order valence-electron chi connectivity index (χ4n) is 2.69. The zero-order valence-corrected chi connectivity index (χ0v) is 13.4. The second-order valence-electron chi connectivity index (χ2n) is 5.69. The number of hydrogen-bond donors (Lipinski definition) is 0. The summed E-state index contributed by atoms with van der Waals surface area (Å²) in [5.74, 6) is -0.436. The molecule has 0 saturated carbocycles. The summed E-state index contributed by atoms with van der Waals surface area (Å²) in [7, 11) is 0. The number of halogens is 2. The second-order valence-corrected chi connectivity index (χ2v) is 5.69. The average Bonchev–Trinajstić information content (AvgIpc) is 2.60. The van der Waals surface area contributed by atoms with Crippen LogP contribution in [0.1, 0.15) is 18.2 Å². The Balaban J connectivity index is 1.69. The van der Waals surface area contributed by atoms with Crippen molar-refractivity contribution in [1.29, 1.82) is 0 Å². The molecule has 1 aromatic heterocycles. The van der Waals surface area contributed by atoms with E-state index in [1.165, 1.54) is 11.2 Å². The lowest BCUT2D eigenvalue weighted by molar-refractivity contribution is -0.131. The van der Waals surface area contributed by atoms with E-state index in [-0.39, 0.29) is 24.6 Å². The Morgan fingerprint density at radius 3 is 2.75 bits per heavy atom. The van der Waals surface area contributed by atoms with Crippen LogP contribution in [0.5, 0.6) is 0 Å². The molecule has 2 heterocycles. The van der Waals surface area contributed by atoms with Crippen molar-refractivity contribution < 1.29 is 13.6 Å². The van der Waals surface area contributed by atoms with Crippen molar-refractivity contribution in [1.82, 2.24) is 14.9 Å². The number of nitrogens with zero attached hydrogens (tertiary/aromatic N) is 4. The molecule has 24 heavy (non-hydrogen) atoms. The van der Waals surface area contributed by atoms with Gasteiger partial charge in [0.25, 0.3) is 0 Å². The summed E-state index contributed by atoms with van der Waals surface area (Å²) in [5, 5.41) is 0. The summed E-state index contributed by atoms with van der Waals surface area (Å²) in [5.41, 5.74) is 1.10. The molecule has 3 rings (SSSR count). The summed E-state index contributed by atoms with van der Waals surface area (Å²) in [6, 6.07) is 5.15. The first-order valence-electron chi connectivity index (χ1n) is 7.84. The van der Waals surface area contributed by atoms with Gasteiger partial charge in [-0.3, -0.25) is 4.79 Å². The predicted molar refractivity (Wildman–Crippen MR) is 85.4 cm³/mol. The van der Waals surface area contributed by atoms with Gasteiger partial charge in [-0.1, -0.05) is 6.92 Å². The molecule has 1 aromatic carbocycles. The number of carbonyl (C=O) groups excluding carboxylic acids is 1. The summed E-state index contributed by atoms with van der Waals surface area (Å²) in [6.45, 7) is 3.25. The molecule has 0 N–H and O–H groups in total. The zero-order chi connectivity index (χ0) is 17.1. The minimum Gasteiger partial charge on any atom is -0.345 e. The third-order valence-electron chi connectivity index (χ3n) is 4.08. The van der Waals surface area contributed by atoms with E-state index in [2.05, 4.69) is 9.97 Å². The van der Waals surface area contributed by atoms with Crippen molar-refractivity contribution in [3.63, 3.8) is 0 Å². The lowest BCUT2D eigenvalue weighted by Crippen LogP contribution is -2.50. The lowest BCUT2D eigenvalue weighted by Gasteiger charge is -2.35. The second kappa shape index (κ2) is 6.90. The molecule has 5 nitrogen and oxygen atoms in total. The van der Waals surface area contributed by atoms with E-state index in [4.69, 9.17) is 0 Å². The number of aromatic nitrogens is 2. The van der Waals surface area contributed by atoms with Crippen LogP contribution in [0.4, 0.5) is 14.6 Å². The molecule has 1 fully saturated rings. The molecule has 0 atom stereocenters. The van der Waals surface area contributed by atoms with E-state index >= 15 is 0 Å². The Morgan fingerprint density at radius 1 is 1.17 bits per heavy atom. The molecule has 126 valence electrons. The number of piperazine rings is 1. The molecule has 0 bridgehead atoms. The van der Waals surface area contributed by atoms with Gasteiger partial charge in [0.1, 0.15) is 23.8 Å². The van der Waals surface area contributed by atoms with Crippen LogP contribution in [0.25, 0.3) is 0 Å². The number of rotatable bonds is 4. The normalized spacial score (nSPS) is 15.0. The highest BCUT2D eigenvalue weighted by atomic mass is 19.1. The molecule has 1 aliphatic rings. The van der Waals surface area contributed by atoms with Crippen molar-refractivity contribution in [3.05, 3.63) is 53.5 Å². The van der Waals surface area contributed by atoms with Gasteiger partial charge in [-0.25, -0.2) is 18.7 Å². The molecule has 0 radical (unpaired) electrons. The number of anilines is 1. The molecule has 7 heteroatoms. The maximum Gasteiger partial charge on any atom is 0.242 e. The highest BCUT2D eigenvalue weighted by molar-refractivity contribution is 5.82. The summed E-state index contributed by atoms with van der Waals surface area (Å²) in [6.07, 6.45) is 2.29. The van der Waals surface area contributed by atoms with Crippen LogP contribution >= 0.6 is 0 Å². The minimum atomic E-state index is -0.509. The van der Waals surface area contributed by atoms with E-state index in [9.17, 15) is 13.6 Å². The maximum atomic E-state index is 13.7. The summed E-state index contributed by atoms with van der Waals surface area (Å²) < 4.78 is 27.0. The van der Waals surface area contributed by atoms with Crippen LogP contribution < -0.4 is 4.90 Å². The first-order valence-corrected chi connectivity index (χ1v) is 7.84. The Bertz CT molecular complexity index is 753. The number of hydrogen-bond acceptors (Lipinski definition) is 4. The van der Waals surface area contributed by atoms with Gasteiger partial charge in [-0.15, -0.1) is 0 Å². The van der Waals surface area contributed by atoms with Crippen LogP contribution in [0.3, 0.4) is 0 Å². The molecule has 0 spiro atoms. The molecular weight excluding hydrogens is 314 g/mol. The van der Waals surface area contributed by atoms with Crippen LogP contribution in [-0.2, 0) is 17.8 Å². The Hall–Kier alpha value is -2.57. The fraction of sp³-hybridized carbons (Fsp3) is 0.353. The first-order chi connectivity index (χ1) is 11.6. The van der Waals surface area contributed by atoms with Gasteiger partial charge >= 0.3 is 0 Å². The number of carbonyl (C=O) groups is 1. The minimum absolute atomic E-state index is 0.0697. The lowest BCUT2D eigenvalue weighted by atomic mass is 10.1. The highest BCUT2D eigenvalue weighted by Crippen LogP contribution is 2.18. The molecule has 1 amide bonds. The van der Waals surface area contributed by atoms with Crippen molar-refractivity contribution in [2.45, 2.75) is 19.9 Å². The zero-order valence-electron chi connectivity index (χ0n) is 13.4. The Labute approximate surface area is 138 Å². The molecule has 1 aliphatic heterocycles. The van der Waals surface area contributed by atoms with Crippen LogP contribution in [0, 0.1) is 11.6 Å².